The maximum absolute atomic E-state index is 6.29. The van der Waals surface area contributed by atoms with Gasteiger partial charge in [0.25, 0.3) is 0 Å². The van der Waals surface area contributed by atoms with Gasteiger partial charge in [-0.1, -0.05) is 121 Å². The molecule has 0 unspecified atom stereocenters. The summed E-state index contributed by atoms with van der Waals surface area (Å²) in [5.74, 6) is 1.76. The Morgan fingerprint density at radius 2 is 0.889 bits per heavy atom. The smallest absolute Gasteiger partial charge is 0.164 e. The fourth-order valence-electron chi connectivity index (χ4n) is 7.81. The van der Waals surface area contributed by atoms with Gasteiger partial charge in [0.2, 0.25) is 0 Å². The molecule has 7 aromatic carbocycles. The average molecular weight is 693 g/mol. The van der Waals surface area contributed by atoms with Gasteiger partial charge < -0.3 is 8.83 Å². The maximum Gasteiger partial charge on any atom is 0.164 e. The molecule has 0 amide bonds. The number of hydrogen-bond donors (Lipinski definition) is 0. The van der Waals surface area contributed by atoms with Gasteiger partial charge in [0.15, 0.2) is 23.1 Å². The van der Waals surface area contributed by atoms with Gasteiger partial charge in [-0.3, -0.25) is 4.98 Å². The van der Waals surface area contributed by atoms with Crippen molar-refractivity contribution in [3.63, 3.8) is 0 Å². The average Bonchev–Trinajstić information content (AvgIpc) is 3.82. The minimum atomic E-state index is 0.577. The molecular weight excluding hydrogens is 665 g/mol. The zero-order chi connectivity index (χ0) is 35.6. The predicted molar refractivity (Wildman–Crippen MR) is 217 cm³/mol. The minimum Gasteiger partial charge on any atom is -0.456 e. The molecular formula is C48H28N4O2. The Morgan fingerprint density at radius 1 is 0.333 bits per heavy atom. The van der Waals surface area contributed by atoms with E-state index in [2.05, 4.69) is 108 Å². The highest BCUT2D eigenvalue weighted by Crippen LogP contribution is 2.42. The molecule has 0 spiro atoms. The number of rotatable bonds is 5. The van der Waals surface area contributed by atoms with Crippen molar-refractivity contribution in [3.8, 4) is 56.4 Å². The van der Waals surface area contributed by atoms with Crippen molar-refractivity contribution in [2.45, 2.75) is 0 Å². The molecule has 0 aliphatic carbocycles. The van der Waals surface area contributed by atoms with Crippen molar-refractivity contribution >= 4 is 54.6 Å². The van der Waals surface area contributed by atoms with E-state index in [0.717, 1.165) is 93.6 Å². The Bertz CT molecular complexity index is 3240. The summed E-state index contributed by atoms with van der Waals surface area (Å²) in [7, 11) is 0. The fourth-order valence-corrected chi connectivity index (χ4v) is 7.81. The second-order valence-corrected chi connectivity index (χ2v) is 13.4. The molecule has 0 saturated carbocycles. The first-order valence-corrected chi connectivity index (χ1v) is 17.9. The highest BCUT2D eigenvalue weighted by molar-refractivity contribution is 6.16. The third-order valence-electron chi connectivity index (χ3n) is 10.3. The molecule has 11 aromatic rings. The number of pyridine rings is 1. The first-order chi connectivity index (χ1) is 26.8. The van der Waals surface area contributed by atoms with Crippen LogP contribution < -0.4 is 0 Å². The van der Waals surface area contributed by atoms with Gasteiger partial charge in [-0.05, 0) is 69.4 Å². The summed E-state index contributed by atoms with van der Waals surface area (Å²) >= 11 is 0. The van der Waals surface area contributed by atoms with Crippen LogP contribution >= 0.6 is 0 Å². The monoisotopic (exact) mass is 692 g/mol. The number of aromatic nitrogens is 4. The lowest BCUT2D eigenvalue weighted by molar-refractivity contribution is 0.667. The normalized spacial score (nSPS) is 11.7. The molecule has 4 aromatic heterocycles. The van der Waals surface area contributed by atoms with Gasteiger partial charge in [-0.15, -0.1) is 0 Å². The molecule has 4 heterocycles. The Morgan fingerprint density at radius 3 is 1.72 bits per heavy atom. The third-order valence-corrected chi connectivity index (χ3v) is 10.3. The first-order valence-electron chi connectivity index (χ1n) is 17.9. The van der Waals surface area contributed by atoms with Crippen molar-refractivity contribution in [2.24, 2.45) is 0 Å². The zero-order valence-electron chi connectivity index (χ0n) is 28.8. The molecule has 252 valence electrons. The van der Waals surface area contributed by atoms with Crippen molar-refractivity contribution in [3.05, 3.63) is 170 Å². The first kappa shape index (κ1) is 30.2. The highest BCUT2D eigenvalue weighted by Gasteiger charge is 2.21. The van der Waals surface area contributed by atoms with Crippen LogP contribution in [0.15, 0.2) is 179 Å². The van der Waals surface area contributed by atoms with Crippen molar-refractivity contribution in [2.75, 3.05) is 0 Å². The molecule has 0 saturated heterocycles. The van der Waals surface area contributed by atoms with Gasteiger partial charge in [-0.2, -0.15) is 0 Å². The van der Waals surface area contributed by atoms with Crippen molar-refractivity contribution in [1.82, 2.24) is 19.9 Å². The van der Waals surface area contributed by atoms with Crippen molar-refractivity contribution in [1.29, 1.82) is 0 Å². The summed E-state index contributed by atoms with van der Waals surface area (Å²) in [6.45, 7) is 0. The molecule has 11 rings (SSSR count). The second-order valence-electron chi connectivity index (χ2n) is 13.4. The van der Waals surface area contributed by atoms with Crippen LogP contribution in [0, 0.1) is 0 Å². The van der Waals surface area contributed by atoms with Crippen LogP contribution in [0.3, 0.4) is 0 Å². The van der Waals surface area contributed by atoms with E-state index in [1.165, 1.54) is 0 Å². The molecule has 0 aliphatic heterocycles. The number of hydrogen-bond acceptors (Lipinski definition) is 6. The molecule has 6 heteroatoms. The lowest BCUT2D eigenvalue weighted by Crippen LogP contribution is -2.01. The summed E-state index contributed by atoms with van der Waals surface area (Å²) in [4.78, 5) is 20.0. The number of nitrogens with zero attached hydrogens (tertiary/aromatic N) is 4. The summed E-state index contributed by atoms with van der Waals surface area (Å²) in [5, 5.41) is 6.22. The second kappa shape index (κ2) is 12.1. The Balaban J connectivity index is 1.16. The molecule has 54 heavy (non-hydrogen) atoms. The Kier molecular flexibility index (Phi) is 6.75. The third kappa shape index (κ3) is 4.81. The van der Waals surface area contributed by atoms with Gasteiger partial charge in [0.1, 0.15) is 16.7 Å². The molecule has 0 aliphatic rings. The lowest BCUT2D eigenvalue weighted by atomic mass is 9.92. The SMILES string of the molecule is c1ccc(-c2cccc(-c3nc(-c4ccc(-c5cccc6oc7cnccc7c56)c5ccccc45)nc(-c4cccc5oc6ccccc6c45)n3)c2)cc1. The van der Waals surface area contributed by atoms with Gasteiger partial charge in [0, 0.05) is 44.4 Å². The van der Waals surface area contributed by atoms with E-state index in [9.17, 15) is 0 Å². The molecule has 0 fully saturated rings. The number of furan rings is 2. The summed E-state index contributed by atoms with van der Waals surface area (Å²) in [5.41, 5.74) is 10.3. The fraction of sp³-hybridized carbons (Fsp3) is 0. The predicted octanol–water partition coefficient (Wildman–Crippen LogP) is 12.6. The molecule has 0 N–H and O–H groups in total. The Hall–Kier alpha value is -7.44. The van der Waals surface area contributed by atoms with Crippen molar-refractivity contribution < 1.29 is 8.83 Å². The number of para-hydroxylation sites is 1. The number of benzene rings is 7. The van der Waals surface area contributed by atoms with E-state index in [4.69, 9.17) is 23.8 Å². The molecule has 0 radical (unpaired) electrons. The van der Waals surface area contributed by atoms with Gasteiger partial charge >= 0.3 is 0 Å². The van der Waals surface area contributed by atoms with Crippen LogP contribution in [0.1, 0.15) is 0 Å². The zero-order valence-corrected chi connectivity index (χ0v) is 28.8. The number of fused-ring (bicyclic) bond motifs is 7. The van der Waals surface area contributed by atoms with E-state index in [0.29, 0.717) is 17.5 Å². The molecule has 0 bridgehead atoms. The molecule has 0 atom stereocenters. The summed E-state index contributed by atoms with van der Waals surface area (Å²) in [6.07, 6.45) is 3.59. The van der Waals surface area contributed by atoms with Crippen LogP contribution in [0.5, 0.6) is 0 Å². The summed E-state index contributed by atoms with van der Waals surface area (Å²) < 4.78 is 12.5. The van der Waals surface area contributed by atoms with E-state index in [-0.39, 0.29) is 0 Å². The van der Waals surface area contributed by atoms with Crippen LogP contribution in [0.25, 0.3) is 111 Å². The minimum absolute atomic E-state index is 0.577. The highest BCUT2D eigenvalue weighted by atomic mass is 16.3. The van der Waals surface area contributed by atoms with Gasteiger partial charge in [0.05, 0.1) is 6.20 Å². The standard InChI is InChI=1S/C48H28N4O2/c1-2-11-29(12-3-1)30-13-8-14-31(27-30)46-50-47(52-48(51-46)39-19-10-22-42-45(39)37-17-6-7-20-40(37)53-42)36-24-23-34(32-15-4-5-16-33(32)36)35-18-9-21-41-44(35)38-25-26-49-28-43(38)54-41/h1-28H. The largest absolute Gasteiger partial charge is 0.456 e. The quantitative estimate of drug-likeness (QED) is 0.179. The molecule has 6 nitrogen and oxygen atoms in total. The van der Waals surface area contributed by atoms with Crippen LogP contribution in [0.4, 0.5) is 0 Å². The summed E-state index contributed by atoms with van der Waals surface area (Å²) in [6, 6.07) is 54.0. The topological polar surface area (TPSA) is 77.8 Å². The van der Waals surface area contributed by atoms with E-state index in [1.54, 1.807) is 6.20 Å². The van der Waals surface area contributed by atoms with E-state index >= 15 is 0 Å². The van der Waals surface area contributed by atoms with Gasteiger partial charge in [-0.25, -0.2) is 15.0 Å². The van der Waals surface area contributed by atoms with E-state index < -0.39 is 0 Å². The Labute approximate surface area is 309 Å². The maximum atomic E-state index is 6.29. The van der Waals surface area contributed by atoms with Crippen LogP contribution in [-0.4, -0.2) is 19.9 Å². The van der Waals surface area contributed by atoms with Crippen LogP contribution in [0.2, 0.25) is 0 Å². The van der Waals surface area contributed by atoms with E-state index in [1.807, 2.05) is 60.8 Å². The lowest BCUT2D eigenvalue weighted by Gasteiger charge is -2.14. The van der Waals surface area contributed by atoms with Crippen LogP contribution in [-0.2, 0) is 0 Å².